The van der Waals surface area contributed by atoms with E-state index in [0.29, 0.717) is 18.0 Å². The van der Waals surface area contributed by atoms with Crippen molar-refractivity contribution < 1.29 is 4.79 Å². The minimum absolute atomic E-state index is 0.0694. The minimum Gasteiger partial charge on any atom is -0.378 e. The lowest BCUT2D eigenvalue weighted by Crippen LogP contribution is -2.23. The highest BCUT2D eigenvalue weighted by atomic mass is 32.1. The summed E-state index contributed by atoms with van der Waals surface area (Å²) in [5, 5.41) is 5.92. The summed E-state index contributed by atoms with van der Waals surface area (Å²) in [6.07, 6.45) is 0. The fourth-order valence-corrected chi connectivity index (χ4v) is 2.75. The van der Waals surface area contributed by atoms with E-state index in [1.54, 1.807) is 11.3 Å². The lowest BCUT2D eigenvalue weighted by molar-refractivity contribution is 0.0951. The third-order valence-corrected chi connectivity index (χ3v) is 4.05. The molecule has 112 valence electrons. The molecule has 0 unspecified atom stereocenters. The fourth-order valence-electron chi connectivity index (χ4n) is 1.85. The Morgan fingerprint density at radius 1 is 1.38 bits per heavy atom. The molecule has 0 aliphatic heterocycles. The van der Waals surface area contributed by atoms with Crippen LogP contribution in [0, 0.1) is 0 Å². The molecule has 0 bridgehead atoms. The molecule has 1 N–H and O–H groups in total. The predicted octanol–water partition coefficient (Wildman–Crippen LogP) is 3.26. The maximum Gasteiger partial charge on any atom is 0.251 e. The van der Waals surface area contributed by atoms with Crippen molar-refractivity contribution in [1.82, 2.24) is 10.3 Å². The van der Waals surface area contributed by atoms with E-state index in [1.807, 2.05) is 43.3 Å². The first-order chi connectivity index (χ1) is 9.97. The summed E-state index contributed by atoms with van der Waals surface area (Å²) in [5.41, 5.74) is 2.76. The molecule has 1 amide bonds. The molecule has 4 nitrogen and oxygen atoms in total. The zero-order chi connectivity index (χ0) is 15.4. The largest absolute Gasteiger partial charge is 0.378 e. The van der Waals surface area contributed by atoms with E-state index in [0.717, 1.165) is 16.4 Å². The zero-order valence-corrected chi connectivity index (χ0v) is 13.7. The molecule has 0 atom stereocenters. The number of anilines is 1. The molecule has 2 rings (SSSR count). The van der Waals surface area contributed by atoms with Crippen LogP contribution in [0.1, 0.15) is 40.8 Å². The van der Waals surface area contributed by atoms with Crippen molar-refractivity contribution in [2.24, 2.45) is 0 Å². The van der Waals surface area contributed by atoms with Gasteiger partial charge in [0.05, 0.1) is 12.2 Å². The maximum atomic E-state index is 12.2. The zero-order valence-electron chi connectivity index (χ0n) is 12.9. The van der Waals surface area contributed by atoms with Crippen LogP contribution in [0.5, 0.6) is 0 Å². The van der Waals surface area contributed by atoms with Crippen molar-refractivity contribution >= 4 is 22.9 Å². The molecular formula is C16H21N3OS. The second-order valence-electron chi connectivity index (χ2n) is 5.45. The Kier molecular flexibility index (Phi) is 4.96. The average molecular weight is 303 g/mol. The van der Waals surface area contributed by atoms with Gasteiger partial charge in [-0.3, -0.25) is 4.79 Å². The molecule has 0 saturated heterocycles. The summed E-state index contributed by atoms with van der Waals surface area (Å²) >= 11 is 1.59. The Labute approximate surface area is 129 Å². The lowest BCUT2D eigenvalue weighted by Gasteiger charge is -2.13. The number of rotatable bonds is 5. The summed E-state index contributed by atoms with van der Waals surface area (Å²) in [4.78, 5) is 18.7. The van der Waals surface area contributed by atoms with Gasteiger partial charge >= 0.3 is 0 Å². The number of amides is 1. The van der Waals surface area contributed by atoms with Crippen LogP contribution in [-0.2, 0) is 6.54 Å². The van der Waals surface area contributed by atoms with Gasteiger partial charge in [0, 0.05) is 30.7 Å². The van der Waals surface area contributed by atoms with Gasteiger partial charge in [0.25, 0.3) is 5.91 Å². The maximum absolute atomic E-state index is 12.2. The Morgan fingerprint density at radius 2 is 2.14 bits per heavy atom. The van der Waals surface area contributed by atoms with Crippen LogP contribution in [0.3, 0.4) is 0 Å². The predicted molar refractivity (Wildman–Crippen MR) is 88.1 cm³/mol. The molecule has 2 aromatic rings. The molecule has 0 aliphatic carbocycles. The summed E-state index contributed by atoms with van der Waals surface area (Å²) in [6.45, 7) is 4.71. The molecule has 21 heavy (non-hydrogen) atoms. The highest BCUT2D eigenvalue weighted by Crippen LogP contribution is 2.18. The van der Waals surface area contributed by atoms with Gasteiger partial charge < -0.3 is 10.2 Å². The van der Waals surface area contributed by atoms with Gasteiger partial charge in [-0.25, -0.2) is 4.98 Å². The van der Waals surface area contributed by atoms with Gasteiger partial charge in [0.1, 0.15) is 5.01 Å². The number of carbonyl (C=O) groups is 1. The van der Waals surface area contributed by atoms with Crippen LogP contribution in [0.15, 0.2) is 29.6 Å². The Bertz CT molecular complexity index is 619. The Hall–Kier alpha value is -1.88. The van der Waals surface area contributed by atoms with Crippen LogP contribution >= 0.6 is 11.3 Å². The standard InChI is InChI=1S/C16H21N3OS/c1-11(2)14-10-21-15(18-14)9-17-16(20)12-6-5-7-13(8-12)19(3)4/h5-8,10-11H,9H2,1-4H3,(H,17,20). The van der Waals surface area contributed by atoms with Gasteiger partial charge in [0.15, 0.2) is 0 Å². The molecular weight excluding hydrogens is 282 g/mol. The van der Waals surface area contributed by atoms with Crippen LogP contribution in [0.2, 0.25) is 0 Å². The average Bonchev–Trinajstić information content (AvgIpc) is 2.94. The van der Waals surface area contributed by atoms with E-state index < -0.39 is 0 Å². The number of aromatic nitrogens is 1. The summed E-state index contributed by atoms with van der Waals surface area (Å²) in [5.74, 6) is 0.350. The van der Waals surface area contributed by atoms with Gasteiger partial charge in [-0.05, 0) is 24.1 Å². The van der Waals surface area contributed by atoms with Crippen LogP contribution in [-0.4, -0.2) is 25.0 Å². The van der Waals surface area contributed by atoms with Crippen molar-refractivity contribution in [3.05, 3.63) is 45.9 Å². The normalized spacial score (nSPS) is 10.7. The van der Waals surface area contributed by atoms with Crippen LogP contribution in [0.4, 0.5) is 5.69 Å². The van der Waals surface area contributed by atoms with Crippen molar-refractivity contribution in [3.63, 3.8) is 0 Å². The monoisotopic (exact) mass is 303 g/mol. The van der Waals surface area contributed by atoms with E-state index >= 15 is 0 Å². The molecule has 0 fully saturated rings. The Balaban J connectivity index is 1.99. The van der Waals surface area contributed by atoms with Crippen molar-refractivity contribution in [2.45, 2.75) is 26.3 Å². The van der Waals surface area contributed by atoms with Gasteiger partial charge in [-0.2, -0.15) is 0 Å². The molecule has 0 saturated carbocycles. The van der Waals surface area contributed by atoms with E-state index in [2.05, 4.69) is 29.5 Å². The number of nitrogens with one attached hydrogen (secondary N) is 1. The van der Waals surface area contributed by atoms with E-state index in [4.69, 9.17) is 0 Å². The molecule has 0 spiro atoms. The first kappa shape index (κ1) is 15.5. The number of hydrogen-bond acceptors (Lipinski definition) is 4. The molecule has 5 heteroatoms. The molecule has 0 aliphatic rings. The highest BCUT2D eigenvalue weighted by Gasteiger charge is 2.09. The number of nitrogens with zero attached hydrogens (tertiary/aromatic N) is 2. The van der Waals surface area contributed by atoms with Crippen molar-refractivity contribution in [2.75, 3.05) is 19.0 Å². The molecule has 1 aromatic carbocycles. The lowest BCUT2D eigenvalue weighted by atomic mass is 10.2. The molecule has 1 heterocycles. The van der Waals surface area contributed by atoms with Gasteiger partial charge in [-0.15, -0.1) is 11.3 Å². The van der Waals surface area contributed by atoms with Gasteiger partial charge in [0.2, 0.25) is 0 Å². The first-order valence-corrected chi connectivity index (χ1v) is 7.85. The molecule has 0 radical (unpaired) electrons. The van der Waals surface area contributed by atoms with E-state index in [-0.39, 0.29) is 5.91 Å². The van der Waals surface area contributed by atoms with Crippen molar-refractivity contribution in [3.8, 4) is 0 Å². The number of carbonyl (C=O) groups excluding carboxylic acids is 1. The molecule has 1 aromatic heterocycles. The van der Waals surface area contributed by atoms with E-state index in [1.165, 1.54) is 0 Å². The fraction of sp³-hybridized carbons (Fsp3) is 0.375. The number of benzene rings is 1. The second kappa shape index (κ2) is 6.72. The smallest absolute Gasteiger partial charge is 0.251 e. The Morgan fingerprint density at radius 3 is 2.76 bits per heavy atom. The number of thiazole rings is 1. The highest BCUT2D eigenvalue weighted by molar-refractivity contribution is 7.09. The van der Waals surface area contributed by atoms with Crippen LogP contribution in [0.25, 0.3) is 0 Å². The first-order valence-electron chi connectivity index (χ1n) is 6.97. The quantitative estimate of drug-likeness (QED) is 0.922. The minimum atomic E-state index is -0.0694. The van der Waals surface area contributed by atoms with E-state index in [9.17, 15) is 4.79 Å². The SMILES string of the molecule is CC(C)c1csc(CNC(=O)c2cccc(N(C)C)c2)n1. The second-order valence-corrected chi connectivity index (χ2v) is 6.39. The van der Waals surface area contributed by atoms with Crippen LogP contribution < -0.4 is 10.2 Å². The number of hydrogen-bond donors (Lipinski definition) is 1. The van der Waals surface area contributed by atoms with Crippen molar-refractivity contribution in [1.29, 1.82) is 0 Å². The summed E-state index contributed by atoms with van der Waals surface area (Å²) in [6, 6.07) is 7.58. The van der Waals surface area contributed by atoms with Gasteiger partial charge in [-0.1, -0.05) is 19.9 Å². The topological polar surface area (TPSA) is 45.2 Å². The summed E-state index contributed by atoms with van der Waals surface area (Å²) < 4.78 is 0. The third-order valence-electron chi connectivity index (χ3n) is 3.19. The third kappa shape index (κ3) is 4.04. The summed E-state index contributed by atoms with van der Waals surface area (Å²) in [7, 11) is 3.92.